The number of hydrogen-bond donors (Lipinski definition) is 1. The van der Waals surface area contributed by atoms with E-state index in [2.05, 4.69) is 10.3 Å². The summed E-state index contributed by atoms with van der Waals surface area (Å²) < 4.78 is 3.23. The molecule has 2 heterocycles. The zero-order valence-electron chi connectivity index (χ0n) is 9.30. The van der Waals surface area contributed by atoms with Crippen LogP contribution in [0.2, 0.25) is 0 Å². The van der Waals surface area contributed by atoms with Crippen molar-refractivity contribution in [3.8, 4) is 0 Å². The molecule has 0 spiro atoms. The Hall–Kier alpha value is -1.56. The Labute approximate surface area is 97.4 Å². The highest BCUT2D eigenvalue weighted by Crippen LogP contribution is 2.18. The zero-order chi connectivity index (χ0) is 11.5. The largest absolute Gasteiger partial charge is 0.362 e. The van der Waals surface area contributed by atoms with E-state index in [4.69, 9.17) is 0 Å². The first-order valence-corrected chi connectivity index (χ1v) is 5.92. The predicted octanol–water partition coefficient (Wildman–Crippen LogP) is 1.12. The van der Waals surface area contributed by atoms with Crippen molar-refractivity contribution in [2.75, 3.05) is 11.9 Å². The summed E-state index contributed by atoms with van der Waals surface area (Å²) in [5, 5.41) is 4.05. The first-order chi connectivity index (χ1) is 7.70. The molecule has 0 bridgehead atoms. The highest BCUT2D eigenvalue weighted by Gasteiger charge is 2.04. The summed E-state index contributed by atoms with van der Waals surface area (Å²) in [5.74, 6) is 0. The van der Waals surface area contributed by atoms with E-state index in [-0.39, 0.29) is 5.69 Å². The van der Waals surface area contributed by atoms with Crippen LogP contribution in [0.1, 0.15) is 11.8 Å². The molecule has 2 aromatic heterocycles. The normalized spacial score (nSPS) is 10.6. The molecular formula is C10H14N4OS. The molecule has 0 atom stereocenters. The number of aryl methyl sites for hydroxylation is 1. The Bertz CT molecular complexity index is 525. The van der Waals surface area contributed by atoms with E-state index in [1.807, 2.05) is 13.1 Å². The Morgan fingerprint density at radius 1 is 1.50 bits per heavy atom. The Morgan fingerprint density at radius 2 is 2.31 bits per heavy atom. The van der Waals surface area contributed by atoms with E-state index in [0.29, 0.717) is 6.54 Å². The number of hydrogen-bond acceptors (Lipinski definition) is 4. The van der Waals surface area contributed by atoms with E-state index in [1.54, 1.807) is 39.9 Å². The molecule has 0 unspecified atom stereocenters. The van der Waals surface area contributed by atoms with Gasteiger partial charge in [-0.05, 0) is 6.92 Å². The van der Waals surface area contributed by atoms with Gasteiger partial charge in [-0.15, -0.1) is 11.3 Å². The summed E-state index contributed by atoms with van der Waals surface area (Å²) in [7, 11) is 1.75. The van der Waals surface area contributed by atoms with E-state index >= 15 is 0 Å². The SMILES string of the molecule is CCNc1ncc(Cn2ccn(C)c2=O)s1. The van der Waals surface area contributed by atoms with Crippen molar-refractivity contribution >= 4 is 16.5 Å². The van der Waals surface area contributed by atoms with Crippen LogP contribution in [0.4, 0.5) is 5.13 Å². The van der Waals surface area contributed by atoms with Crippen LogP contribution in [0.3, 0.4) is 0 Å². The van der Waals surface area contributed by atoms with Gasteiger partial charge in [-0.25, -0.2) is 9.78 Å². The molecule has 2 aromatic rings. The molecule has 2 rings (SSSR count). The van der Waals surface area contributed by atoms with Crippen LogP contribution in [0.15, 0.2) is 23.4 Å². The monoisotopic (exact) mass is 238 g/mol. The van der Waals surface area contributed by atoms with Gasteiger partial charge in [-0.2, -0.15) is 0 Å². The molecule has 0 radical (unpaired) electrons. The van der Waals surface area contributed by atoms with Gasteiger partial charge in [0.1, 0.15) is 0 Å². The lowest BCUT2D eigenvalue weighted by Crippen LogP contribution is -2.21. The molecule has 6 heteroatoms. The minimum Gasteiger partial charge on any atom is -0.362 e. The van der Waals surface area contributed by atoms with Crippen LogP contribution < -0.4 is 11.0 Å². The number of nitrogens with one attached hydrogen (secondary N) is 1. The fourth-order valence-electron chi connectivity index (χ4n) is 1.41. The number of aromatic nitrogens is 3. The first kappa shape index (κ1) is 10.9. The number of nitrogens with zero attached hydrogens (tertiary/aromatic N) is 3. The molecule has 0 aliphatic rings. The van der Waals surface area contributed by atoms with Gasteiger partial charge in [0.05, 0.1) is 6.54 Å². The van der Waals surface area contributed by atoms with E-state index in [9.17, 15) is 4.79 Å². The molecule has 1 N–H and O–H groups in total. The molecule has 0 saturated carbocycles. The Morgan fingerprint density at radius 3 is 2.94 bits per heavy atom. The second-order valence-corrected chi connectivity index (χ2v) is 4.60. The van der Waals surface area contributed by atoms with Gasteiger partial charge in [0.15, 0.2) is 5.13 Å². The van der Waals surface area contributed by atoms with Crippen LogP contribution in [-0.2, 0) is 13.6 Å². The maximum Gasteiger partial charge on any atom is 0.328 e. The third-order valence-corrected chi connectivity index (χ3v) is 3.17. The molecule has 0 aromatic carbocycles. The summed E-state index contributed by atoms with van der Waals surface area (Å²) in [5.41, 5.74) is -0.00148. The van der Waals surface area contributed by atoms with Gasteiger partial charge in [0, 0.05) is 37.1 Å². The average molecular weight is 238 g/mol. The van der Waals surface area contributed by atoms with Crippen LogP contribution in [0.25, 0.3) is 0 Å². The third-order valence-electron chi connectivity index (χ3n) is 2.23. The summed E-state index contributed by atoms with van der Waals surface area (Å²) in [6, 6.07) is 0. The van der Waals surface area contributed by atoms with Crippen LogP contribution in [0, 0.1) is 0 Å². The maximum absolute atomic E-state index is 11.6. The van der Waals surface area contributed by atoms with Gasteiger partial charge in [0.25, 0.3) is 0 Å². The molecule has 0 fully saturated rings. The fourth-order valence-corrected chi connectivity index (χ4v) is 2.29. The Kier molecular flexibility index (Phi) is 3.09. The molecule has 5 nitrogen and oxygen atoms in total. The lowest BCUT2D eigenvalue weighted by molar-refractivity contribution is 0.723. The molecule has 0 aliphatic carbocycles. The quantitative estimate of drug-likeness (QED) is 0.868. The molecule has 86 valence electrons. The van der Waals surface area contributed by atoms with Crippen LogP contribution in [0.5, 0.6) is 0 Å². The van der Waals surface area contributed by atoms with Crippen molar-refractivity contribution in [3.05, 3.63) is 34.0 Å². The molecule has 0 aliphatic heterocycles. The third kappa shape index (κ3) is 2.16. The summed E-state index contributed by atoms with van der Waals surface area (Å²) in [6.45, 7) is 3.48. The molecule has 0 amide bonds. The van der Waals surface area contributed by atoms with Crippen molar-refractivity contribution in [2.45, 2.75) is 13.5 Å². The van der Waals surface area contributed by atoms with Gasteiger partial charge in [-0.3, -0.25) is 4.57 Å². The Balaban J connectivity index is 2.14. The number of thiazole rings is 1. The second kappa shape index (κ2) is 4.52. The minimum atomic E-state index is -0.00148. The molecule has 16 heavy (non-hydrogen) atoms. The van der Waals surface area contributed by atoms with Gasteiger partial charge >= 0.3 is 5.69 Å². The summed E-state index contributed by atoms with van der Waals surface area (Å²) in [6.07, 6.45) is 5.35. The first-order valence-electron chi connectivity index (χ1n) is 5.11. The summed E-state index contributed by atoms with van der Waals surface area (Å²) in [4.78, 5) is 16.9. The van der Waals surface area contributed by atoms with Crippen molar-refractivity contribution in [3.63, 3.8) is 0 Å². The number of imidazole rings is 1. The number of rotatable bonds is 4. The number of anilines is 1. The van der Waals surface area contributed by atoms with Crippen molar-refractivity contribution < 1.29 is 0 Å². The van der Waals surface area contributed by atoms with E-state index in [0.717, 1.165) is 16.6 Å². The smallest absolute Gasteiger partial charge is 0.328 e. The van der Waals surface area contributed by atoms with E-state index < -0.39 is 0 Å². The standard InChI is InChI=1S/C10H14N4OS/c1-3-11-9-12-6-8(16-9)7-14-5-4-13(2)10(14)15/h4-6H,3,7H2,1-2H3,(H,11,12). The topological polar surface area (TPSA) is 51.9 Å². The highest BCUT2D eigenvalue weighted by atomic mass is 32.1. The van der Waals surface area contributed by atoms with Crippen molar-refractivity contribution in [2.24, 2.45) is 7.05 Å². The van der Waals surface area contributed by atoms with Gasteiger partial charge < -0.3 is 9.88 Å². The lowest BCUT2D eigenvalue weighted by atomic mass is 10.5. The second-order valence-electron chi connectivity index (χ2n) is 3.48. The molecular weight excluding hydrogens is 224 g/mol. The fraction of sp³-hybridized carbons (Fsp3) is 0.400. The van der Waals surface area contributed by atoms with Crippen LogP contribution >= 0.6 is 11.3 Å². The minimum absolute atomic E-state index is 0.00148. The highest BCUT2D eigenvalue weighted by molar-refractivity contribution is 7.15. The van der Waals surface area contributed by atoms with Gasteiger partial charge in [-0.1, -0.05) is 0 Å². The average Bonchev–Trinajstić information content (AvgIpc) is 2.82. The van der Waals surface area contributed by atoms with Crippen molar-refractivity contribution in [1.29, 1.82) is 0 Å². The van der Waals surface area contributed by atoms with E-state index in [1.165, 1.54) is 0 Å². The lowest BCUT2D eigenvalue weighted by Gasteiger charge is -1.97. The molecule has 0 saturated heterocycles. The predicted molar refractivity (Wildman–Crippen MR) is 65.1 cm³/mol. The van der Waals surface area contributed by atoms with Gasteiger partial charge in [0.2, 0.25) is 0 Å². The maximum atomic E-state index is 11.6. The summed E-state index contributed by atoms with van der Waals surface area (Å²) >= 11 is 1.58. The van der Waals surface area contributed by atoms with Crippen LogP contribution in [-0.4, -0.2) is 20.7 Å². The van der Waals surface area contributed by atoms with Crippen molar-refractivity contribution in [1.82, 2.24) is 14.1 Å². The zero-order valence-corrected chi connectivity index (χ0v) is 10.1.